The first-order valence-corrected chi connectivity index (χ1v) is 10.4. The van der Waals surface area contributed by atoms with E-state index in [1.54, 1.807) is 6.07 Å². The van der Waals surface area contributed by atoms with Gasteiger partial charge >= 0.3 is 11.5 Å². The van der Waals surface area contributed by atoms with Crippen LogP contribution in [0.1, 0.15) is 29.9 Å². The molecule has 3 rings (SSSR count). The maximum atomic E-state index is 12.7. The summed E-state index contributed by atoms with van der Waals surface area (Å²) in [7, 11) is -5.38. The summed E-state index contributed by atoms with van der Waals surface area (Å²) >= 11 is 0. The molecule has 1 aromatic heterocycles. The van der Waals surface area contributed by atoms with Crippen molar-refractivity contribution in [3.8, 4) is 0 Å². The Hall–Kier alpha value is -2.66. The van der Waals surface area contributed by atoms with Crippen molar-refractivity contribution in [3.05, 3.63) is 53.9 Å². The molecule has 1 fully saturated rings. The number of aromatic carboxylic acids is 1. The minimum atomic E-state index is -5.38. The lowest BCUT2D eigenvalue weighted by atomic mass is 10.0. The van der Waals surface area contributed by atoms with Crippen LogP contribution in [0.15, 0.2) is 47.5 Å². The number of anilines is 1. The Bertz CT molecular complexity index is 1050. The van der Waals surface area contributed by atoms with Crippen molar-refractivity contribution < 1.29 is 31.5 Å². The van der Waals surface area contributed by atoms with Crippen molar-refractivity contribution in [2.24, 2.45) is 0 Å². The Morgan fingerprint density at radius 2 is 1.83 bits per heavy atom. The fraction of sp³-hybridized carbons (Fsp3) is 0.368. The van der Waals surface area contributed by atoms with Crippen molar-refractivity contribution in [3.63, 3.8) is 0 Å². The SMILES string of the molecule is CC1(C)CN(c2ccc(S(=O)(=O)C(F)(F)F)cc2)CN1Cc1ccnc(C(=O)O)c1. The number of nitrogens with zero attached hydrogens (tertiary/aromatic N) is 3. The third kappa shape index (κ3) is 4.26. The van der Waals surface area contributed by atoms with E-state index in [9.17, 15) is 26.4 Å². The Morgan fingerprint density at radius 1 is 1.20 bits per heavy atom. The quantitative estimate of drug-likeness (QED) is 0.759. The maximum absolute atomic E-state index is 12.7. The van der Waals surface area contributed by atoms with E-state index in [1.807, 2.05) is 18.7 Å². The highest BCUT2D eigenvalue weighted by Gasteiger charge is 2.47. The molecule has 1 aromatic carbocycles. The molecular weight excluding hydrogens is 423 g/mol. The predicted octanol–water partition coefficient (Wildman–Crippen LogP) is 3.13. The fourth-order valence-electron chi connectivity index (χ4n) is 3.33. The molecule has 162 valence electrons. The number of carbonyl (C=O) groups is 1. The molecule has 1 saturated heterocycles. The third-order valence-corrected chi connectivity index (χ3v) is 6.51. The monoisotopic (exact) mass is 443 g/mol. The number of rotatable bonds is 5. The van der Waals surface area contributed by atoms with Crippen LogP contribution < -0.4 is 4.90 Å². The van der Waals surface area contributed by atoms with Gasteiger partial charge in [0, 0.05) is 30.5 Å². The number of halogens is 3. The Labute approximate surface area is 171 Å². The molecule has 2 heterocycles. The van der Waals surface area contributed by atoms with Crippen LogP contribution in [0.3, 0.4) is 0 Å². The first-order chi connectivity index (χ1) is 13.8. The number of aromatic nitrogens is 1. The van der Waals surface area contributed by atoms with E-state index in [2.05, 4.69) is 9.88 Å². The van der Waals surface area contributed by atoms with Crippen LogP contribution in [0, 0.1) is 0 Å². The molecule has 0 amide bonds. The molecule has 1 aliphatic rings. The van der Waals surface area contributed by atoms with E-state index in [4.69, 9.17) is 5.11 Å². The zero-order valence-corrected chi connectivity index (χ0v) is 17.0. The molecular formula is C19H20F3N3O4S. The van der Waals surface area contributed by atoms with Gasteiger partial charge in [-0.05, 0) is 55.8 Å². The van der Waals surface area contributed by atoms with Crippen molar-refractivity contribution in [2.75, 3.05) is 18.1 Å². The average molecular weight is 443 g/mol. The molecule has 11 heteroatoms. The fourth-order valence-corrected chi connectivity index (χ4v) is 4.09. The summed E-state index contributed by atoms with van der Waals surface area (Å²) < 4.78 is 61.2. The highest BCUT2D eigenvalue weighted by molar-refractivity contribution is 7.92. The van der Waals surface area contributed by atoms with Crippen LogP contribution in [0.25, 0.3) is 0 Å². The molecule has 0 radical (unpaired) electrons. The second kappa shape index (κ2) is 7.55. The van der Waals surface area contributed by atoms with E-state index >= 15 is 0 Å². The second-order valence-electron chi connectivity index (χ2n) is 7.65. The van der Waals surface area contributed by atoms with Gasteiger partial charge in [-0.25, -0.2) is 18.2 Å². The van der Waals surface area contributed by atoms with Crippen LogP contribution in [-0.4, -0.2) is 53.6 Å². The number of alkyl halides is 3. The average Bonchev–Trinajstić information content (AvgIpc) is 2.95. The number of benzene rings is 1. The predicted molar refractivity (Wildman–Crippen MR) is 103 cm³/mol. The number of hydrogen-bond acceptors (Lipinski definition) is 6. The molecule has 0 unspecified atom stereocenters. The molecule has 30 heavy (non-hydrogen) atoms. The number of pyridine rings is 1. The number of carboxylic acids is 1. The molecule has 0 atom stereocenters. The number of hydrogen-bond donors (Lipinski definition) is 1. The van der Waals surface area contributed by atoms with Crippen LogP contribution in [-0.2, 0) is 16.4 Å². The molecule has 7 nitrogen and oxygen atoms in total. The van der Waals surface area contributed by atoms with Gasteiger partial charge in [-0.15, -0.1) is 0 Å². The number of sulfone groups is 1. The van der Waals surface area contributed by atoms with Gasteiger partial charge in [0.25, 0.3) is 9.84 Å². The van der Waals surface area contributed by atoms with Crippen LogP contribution in [0.5, 0.6) is 0 Å². The summed E-state index contributed by atoms with van der Waals surface area (Å²) in [5.74, 6) is -1.12. The summed E-state index contributed by atoms with van der Waals surface area (Å²) in [4.78, 5) is 18.1. The van der Waals surface area contributed by atoms with Gasteiger partial charge in [-0.3, -0.25) is 4.90 Å². The zero-order valence-electron chi connectivity index (χ0n) is 16.2. The third-order valence-electron chi connectivity index (χ3n) is 5.01. The van der Waals surface area contributed by atoms with Crippen LogP contribution >= 0.6 is 0 Å². The van der Waals surface area contributed by atoms with Gasteiger partial charge in [0.2, 0.25) is 0 Å². The lowest BCUT2D eigenvalue weighted by molar-refractivity contribution is -0.0436. The Balaban J connectivity index is 1.78. The highest BCUT2D eigenvalue weighted by atomic mass is 32.2. The molecule has 0 spiro atoms. The molecule has 0 bridgehead atoms. The summed E-state index contributed by atoms with van der Waals surface area (Å²) in [6.07, 6.45) is 1.43. The van der Waals surface area contributed by atoms with Crippen molar-refractivity contribution in [1.82, 2.24) is 9.88 Å². The zero-order chi connectivity index (χ0) is 22.3. The van der Waals surface area contributed by atoms with Crippen LogP contribution in [0.4, 0.5) is 18.9 Å². The minimum Gasteiger partial charge on any atom is -0.477 e. The standard InChI is InChI=1S/C19H20F3N3O4S/c1-18(2)11-24(12-25(18)10-13-7-8-23-16(9-13)17(26)27)14-3-5-15(6-4-14)30(28,29)19(20,21)22/h3-9H,10-12H2,1-2H3,(H,26,27). The normalized spacial score (nSPS) is 17.3. The van der Waals surface area contributed by atoms with Crippen molar-refractivity contribution >= 4 is 21.5 Å². The van der Waals surface area contributed by atoms with E-state index in [0.717, 1.165) is 17.7 Å². The van der Waals surface area contributed by atoms with E-state index in [1.165, 1.54) is 24.4 Å². The lowest BCUT2D eigenvalue weighted by Gasteiger charge is -2.29. The highest BCUT2D eigenvalue weighted by Crippen LogP contribution is 2.33. The first-order valence-electron chi connectivity index (χ1n) is 8.91. The summed E-state index contributed by atoms with van der Waals surface area (Å²) in [5, 5.41) is 9.10. The van der Waals surface area contributed by atoms with Gasteiger partial charge in [0.1, 0.15) is 5.69 Å². The smallest absolute Gasteiger partial charge is 0.477 e. The Kier molecular flexibility index (Phi) is 5.54. The topological polar surface area (TPSA) is 90.8 Å². The molecule has 0 aliphatic carbocycles. The Morgan fingerprint density at radius 3 is 2.40 bits per heavy atom. The number of carboxylic acid groups (broad SMARTS) is 1. The molecule has 2 aromatic rings. The first kappa shape index (κ1) is 22.0. The molecule has 1 N–H and O–H groups in total. The van der Waals surface area contributed by atoms with Gasteiger partial charge in [0.15, 0.2) is 0 Å². The minimum absolute atomic E-state index is 0.0529. The second-order valence-corrected chi connectivity index (χ2v) is 9.59. The summed E-state index contributed by atoms with van der Waals surface area (Å²) in [5.41, 5.74) is -4.36. The maximum Gasteiger partial charge on any atom is 0.501 e. The van der Waals surface area contributed by atoms with Crippen molar-refractivity contribution in [2.45, 2.75) is 36.3 Å². The summed E-state index contributed by atoms with van der Waals surface area (Å²) in [6.45, 7) is 5.43. The summed E-state index contributed by atoms with van der Waals surface area (Å²) in [6, 6.07) is 7.84. The van der Waals surface area contributed by atoms with Gasteiger partial charge in [-0.2, -0.15) is 13.2 Å². The van der Waals surface area contributed by atoms with Gasteiger partial charge in [-0.1, -0.05) is 0 Å². The molecule has 0 saturated carbocycles. The lowest BCUT2D eigenvalue weighted by Crippen LogP contribution is -2.39. The van der Waals surface area contributed by atoms with E-state index in [0.29, 0.717) is 25.4 Å². The van der Waals surface area contributed by atoms with E-state index < -0.39 is 26.2 Å². The van der Waals surface area contributed by atoms with Crippen molar-refractivity contribution in [1.29, 1.82) is 0 Å². The molecule has 1 aliphatic heterocycles. The largest absolute Gasteiger partial charge is 0.501 e. The van der Waals surface area contributed by atoms with Crippen LogP contribution in [0.2, 0.25) is 0 Å². The van der Waals surface area contributed by atoms with E-state index in [-0.39, 0.29) is 11.2 Å². The van der Waals surface area contributed by atoms with Gasteiger partial charge in [0.05, 0.1) is 11.6 Å². The van der Waals surface area contributed by atoms with Gasteiger partial charge < -0.3 is 10.0 Å².